The van der Waals surface area contributed by atoms with E-state index in [9.17, 15) is 0 Å². The van der Waals surface area contributed by atoms with Crippen molar-refractivity contribution in [1.82, 2.24) is 10.2 Å². The van der Waals surface area contributed by atoms with Gasteiger partial charge in [0.2, 0.25) is 0 Å². The molecule has 1 rings (SSSR count). The van der Waals surface area contributed by atoms with Gasteiger partial charge in [-0.15, -0.1) is 0 Å². The maximum absolute atomic E-state index is 5.46. The molecule has 1 N–H and O–H groups in total. The smallest absolute Gasteiger partial charge is 0.0670 e. The van der Waals surface area contributed by atoms with Crippen LogP contribution in [0.2, 0.25) is 0 Å². The molecule has 2 unspecified atom stereocenters. The minimum atomic E-state index is 0.265. The number of nitrogens with one attached hydrogen (secondary N) is 1. The van der Waals surface area contributed by atoms with Gasteiger partial charge in [-0.25, -0.2) is 0 Å². The molecule has 0 spiro atoms. The molecule has 1 aliphatic heterocycles. The quantitative estimate of drug-likeness (QED) is 0.791. The molecule has 2 atom stereocenters. The SMILES string of the molecule is CCC1(CC)CN(CC(C)OC)C(C)(CC)CN1. The van der Waals surface area contributed by atoms with E-state index >= 15 is 0 Å². The van der Waals surface area contributed by atoms with Gasteiger partial charge >= 0.3 is 0 Å². The second-order valence-corrected chi connectivity index (χ2v) is 6.12. The first-order valence-corrected chi connectivity index (χ1v) is 7.48. The molecule has 0 amide bonds. The maximum atomic E-state index is 5.46. The summed E-state index contributed by atoms with van der Waals surface area (Å²) < 4.78 is 5.46. The number of rotatable bonds is 6. The zero-order chi connectivity index (χ0) is 13.8. The Morgan fingerprint density at radius 1 is 1.22 bits per heavy atom. The predicted molar refractivity (Wildman–Crippen MR) is 78.1 cm³/mol. The van der Waals surface area contributed by atoms with Crippen LogP contribution in [0.5, 0.6) is 0 Å². The summed E-state index contributed by atoms with van der Waals surface area (Å²) in [7, 11) is 1.81. The molecule has 3 nitrogen and oxygen atoms in total. The zero-order valence-corrected chi connectivity index (χ0v) is 13.2. The molecule has 0 aromatic carbocycles. The molecule has 1 saturated heterocycles. The van der Waals surface area contributed by atoms with Gasteiger partial charge in [-0.1, -0.05) is 20.8 Å². The van der Waals surface area contributed by atoms with Crippen LogP contribution in [0.25, 0.3) is 0 Å². The van der Waals surface area contributed by atoms with Crippen molar-refractivity contribution < 1.29 is 4.74 Å². The van der Waals surface area contributed by atoms with Crippen molar-refractivity contribution in [1.29, 1.82) is 0 Å². The van der Waals surface area contributed by atoms with Gasteiger partial charge in [0.05, 0.1) is 6.10 Å². The van der Waals surface area contributed by atoms with Crippen molar-refractivity contribution in [2.45, 2.75) is 71.1 Å². The Kier molecular flexibility index (Phi) is 5.63. The fourth-order valence-electron chi connectivity index (χ4n) is 2.84. The molecular formula is C15H32N2O. The average Bonchev–Trinajstić information content (AvgIpc) is 2.41. The second kappa shape index (κ2) is 6.36. The highest BCUT2D eigenvalue weighted by atomic mass is 16.5. The first-order valence-electron chi connectivity index (χ1n) is 7.48. The van der Waals surface area contributed by atoms with Crippen molar-refractivity contribution >= 4 is 0 Å². The van der Waals surface area contributed by atoms with Gasteiger partial charge in [0.1, 0.15) is 0 Å². The number of hydrogen-bond donors (Lipinski definition) is 1. The Morgan fingerprint density at radius 3 is 2.28 bits per heavy atom. The second-order valence-electron chi connectivity index (χ2n) is 6.12. The summed E-state index contributed by atoms with van der Waals surface area (Å²) in [5.74, 6) is 0. The lowest BCUT2D eigenvalue weighted by Gasteiger charge is -2.53. The van der Waals surface area contributed by atoms with Crippen LogP contribution in [0.1, 0.15) is 53.9 Å². The number of ether oxygens (including phenoxy) is 1. The van der Waals surface area contributed by atoms with Crippen LogP contribution >= 0.6 is 0 Å². The van der Waals surface area contributed by atoms with E-state index in [2.05, 4.69) is 44.8 Å². The third kappa shape index (κ3) is 3.25. The summed E-state index contributed by atoms with van der Waals surface area (Å²) in [5, 5.41) is 3.81. The van der Waals surface area contributed by atoms with Gasteiger partial charge in [0.25, 0.3) is 0 Å². The first kappa shape index (κ1) is 15.9. The Hall–Kier alpha value is -0.120. The third-order valence-electron chi connectivity index (χ3n) is 5.10. The van der Waals surface area contributed by atoms with Crippen LogP contribution in [0.3, 0.4) is 0 Å². The number of piperazine rings is 1. The van der Waals surface area contributed by atoms with Gasteiger partial charge in [0.15, 0.2) is 0 Å². The van der Waals surface area contributed by atoms with E-state index in [1.165, 1.54) is 19.3 Å². The van der Waals surface area contributed by atoms with E-state index in [0.29, 0.717) is 11.6 Å². The lowest BCUT2D eigenvalue weighted by molar-refractivity contribution is -0.0260. The van der Waals surface area contributed by atoms with Crippen molar-refractivity contribution in [3.05, 3.63) is 0 Å². The highest BCUT2D eigenvalue weighted by molar-refractivity contribution is 5.02. The molecule has 3 heteroatoms. The highest BCUT2D eigenvalue weighted by Crippen LogP contribution is 2.30. The number of nitrogens with zero attached hydrogens (tertiary/aromatic N) is 1. The predicted octanol–water partition coefficient (Wildman–Crippen LogP) is 2.65. The van der Waals surface area contributed by atoms with Crippen LogP contribution in [0.4, 0.5) is 0 Å². The average molecular weight is 256 g/mol. The van der Waals surface area contributed by atoms with Crippen molar-refractivity contribution in [2.75, 3.05) is 26.7 Å². The number of hydrogen-bond acceptors (Lipinski definition) is 3. The van der Waals surface area contributed by atoms with E-state index < -0.39 is 0 Å². The minimum absolute atomic E-state index is 0.265. The van der Waals surface area contributed by atoms with Gasteiger partial charge < -0.3 is 10.1 Å². The Labute approximate surface area is 113 Å². The minimum Gasteiger partial charge on any atom is -0.380 e. The summed E-state index contributed by atoms with van der Waals surface area (Å²) in [5.41, 5.74) is 0.558. The third-order valence-corrected chi connectivity index (χ3v) is 5.10. The molecule has 108 valence electrons. The molecular weight excluding hydrogens is 224 g/mol. The Bertz CT molecular complexity index is 253. The van der Waals surface area contributed by atoms with Crippen molar-refractivity contribution in [3.8, 4) is 0 Å². The van der Waals surface area contributed by atoms with Crippen molar-refractivity contribution in [3.63, 3.8) is 0 Å². The maximum Gasteiger partial charge on any atom is 0.0670 e. The summed E-state index contributed by atoms with van der Waals surface area (Å²) in [4.78, 5) is 2.64. The van der Waals surface area contributed by atoms with Crippen LogP contribution in [-0.2, 0) is 4.74 Å². The van der Waals surface area contributed by atoms with E-state index in [-0.39, 0.29) is 5.54 Å². The normalized spacial score (nSPS) is 30.3. The van der Waals surface area contributed by atoms with E-state index in [4.69, 9.17) is 4.74 Å². The molecule has 1 fully saturated rings. The van der Waals surface area contributed by atoms with Crippen LogP contribution < -0.4 is 5.32 Å². The molecule has 18 heavy (non-hydrogen) atoms. The summed E-state index contributed by atoms with van der Waals surface area (Å²) in [6, 6.07) is 0. The van der Waals surface area contributed by atoms with Gasteiger partial charge in [-0.2, -0.15) is 0 Å². The van der Waals surface area contributed by atoms with E-state index in [0.717, 1.165) is 19.6 Å². The fraction of sp³-hybridized carbons (Fsp3) is 1.00. The van der Waals surface area contributed by atoms with E-state index in [1.54, 1.807) is 0 Å². The molecule has 0 aromatic heterocycles. The van der Waals surface area contributed by atoms with E-state index in [1.807, 2.05) is 7.11 Å². The van der Waals surface area contributed by atoms with Gasteiger partial charge in [0, 0.05) is 37.8 Å². The largest absolute Gasteiger partial charge is 0.380 e. The highest BCUT2D eigenvalue weighted by Gasteiger charge is 2.42. The standard InChI is InChI=1S/C15H32N2O/c1-7-14(5)11-16-15(8-2,9-3)12-17(14)10-13(4)18-6/h13,16H,7-12H2,1-6H3. The molecule has 0 saturated carbocycles. The summed E-state index contributed by atoms with van der Waals surface area (Å²) in [6.45, 7) is 14.7. The molecule has 0 bridgehead atoms. The topological polar surface area (TPSA) is 24.5 Å². The van der Waals surface area contributed by atoms with Crippen LogP contribution in [0.15, 0.2) is 0 Å². The van der Waals surface area contributed by atoms with Gasteiger partial charge in [-0.05, 0) is 33.1 Å². The summed E-state index contributed by atoms with van der Waals surface area (Å²) in [6.07, 6.45) is 3.88. The van der Waals surface area contributed by atoms with Crippen LogP contribution in [0, 0.1) is 0 Å². The van der Waals surface area contributed by atoms with Crippen LogP contribution in [-0.4, -0.2) is 48.8 Å². The lowest BCUT2D eigenvalue weighted by Crippen LogP contribution is -2.69. The monoisotopic (exact) mass is 256 g/mol. The van der Waals surface area contributed by atoms with Gasteiger partial charge in [-0.3, -0.25) is 4.90 Å². The van der Waals surface area contributed by atoms with Crippen molar-refractivity contribution in [2.24, 2.45) is 0 Å². The molecule has 1 heterocycles. The first-order chi connectivity index (χ1) is 8.45. The summed E-state index contributed by atoms with van der Waals surface area (Å²) >= 11 is 0. The number of methoxy groups -OCH3 is 1. The molecule has 0 aliphatic carbocycles. The Morgan fingerprint density at radius 2 is 1.83 bits per heavy atom. The lowest BCUT2D eigenvalue weighted by atomic mass is 9.83. The molecule has 0 radical (unpaired) electrons. The Balaban J connectivity index is 2.82. The fourth-order valence-corrected chi connectivity index (χ4v) is 2.84. The molecule has 1 aliphatic rings. The molecule has 0 aromatic rings. The zero-order valence-electron chi connectivity index (χ0n) is 13.2.